The van der Waals surface area contributed by atoms with Gasteiger partial charge in [-0.25, -0.2) is 4.98 Å². The Hall–Kier alpha value is -3.09. The zero-order valence-corrected chi connectivity index (χ0v) is 14.4. The lowest BCUT2D eigenvalue weighted by molar-refractivity contribution is -0.122. The average molecular weight is 353 g/mol. The van der Waals surface area contributed by atoms with E-state index in [2.05, 4.69) is 10.3 Å². The Morgan fingerprint density at radius 1 is 1.19 bits per heavy atom. The van der Waals surface area contributed by atoms with Gasteiger partial charge in [0.1, 0.15) is 19.0 Å². The Labute approximate surface area is 150 Å². The molecule has 0 aliphatic carbocycles. The van der Waals surface area contributed by atoms with Crippen LogP contribution in [0.5, 0.6) is 11.5 Å². The minimum atomic E-state index is -0.418. The predicted octanol–water partition coefficient (Wildman–Crippen LogP) is 2.15. The SMILES string of the molecule is Cc1ccc(NC(=O)[C@H]2CC(=O)N(c3ccc4c(c3)OCCO4)C2)nc1. The minimum absolute atomic E-state index is 0.0845. The molecule has 7 heteroatoms. The smallest absolute Gasteiger partial charge is 0.230 e. The topological polar surface area (TPSA) is 80.8 Å². The van der Waals surface area contributed by atoms with Crippen molar-refractivity contribution in [2.45, 2.75) is 13.3 Å². The van der Waals surface area contributed by atoms with E-state index in [0.29, 0.717) is 42.8 Å². The van der Waals surface area contributed by atoms with Crippen LogP contribution in [0, 0.1) is 12.8 Å². The van der Waals surface area contributed by atoms with Crippen molar-refractivity contribution < 1.29 is 19.1 Å². The van der Waals surface area contributed by atoms with Gasteiger partial charge in [-0.1, -0.05) is 6.07 Å². The van der Waals surface area contributed by atoms with Gasteiger partial charge in [-0.15, -0.1) is 0 Å². The molecule has 0 unspecified atom stereocenters. The largest absolute Gasteiger partial charge is 0.486 e. The number of ether oxygens (including phenoxy) is 2. The van der Waals surface area contributed by atoms with Gasteiger partial charge >= 0.3 is 0 Å². The number of hydrogen-bond donors (Lipinski definition) is 1. The molecule has 0 saturated carbocycles. The molecule has 1 N–H and O–H groups in total. The molecule has 1 aromatic carbocycles. The highest BCUT2D eigenvalue weighted by molar-refractivity contribution is 6.03. The lowest BCUT2D eigenvalue weighted by atomic mass is 10.1. The maximum atomic E-state index is 12.5. The lowest BCUT2D eigenvalue weighted by Gasteiger charge is -2.22. The van der Waals surface area contributed by atoms with E-state index < -0.39 is 5.92 Å². The molecule has 1 fully saturated rings. The number of pyridine rings is 1. The number of hydrogen-bond acceptors (Lipinski definition) is 5. The average Bonchev–Trinajstić information content (AvgIpc) is 3.05. The van der Waals surface area contributed by atoms with Crippen molar-refractivity contribution in [3.63, 3.8) is 0 Å². The number of amides is 2. The van der Waals surface area contributed by atoms with E-state index in [9.17, 15) is 9.59 Å². The molecule has 1 aromatic heterocycles. The van der Waals surface area contributed by atoms with Crippen LogP contribution in [0.2, 0.25) is 0 Å². The number of carbonyl (C=O) groups is 2. The monoisotopic (exact) mass is 353 g/mol. The van der Waals surface area contributed by atoms with E-state index in [-0.39, 0.29) is 18.2 Å². The molecule has 1 saturated heterocycles. The molecular weight excluding hydrogens is 334 g/mol. The Morgan fingerprint density at radius 3 is 2.77 bits per heavy atom. The zero-order valence-electron chi connectivity index (χ0n) is 14.4. The first kappa shape index (κ1) is 16.4. The van der Waals surface area contributed by atoms with Crippen LogP contribution in [-0.4, -0.2) is 36.6 Å². The Morgan fingerprint density at radius 2 is 2.00 bits per heavy atom. The maximum Gasteiger partial charge on any atom is 0.230 e. The molecule has 134 valence electrons. The van der Waals surface area contributed by atoms with Gasteiger partial charge in [0, 0.05) is 30.9 Å². The normalized spacial score (nSPS) is 18.7. The summed E-state index contributed by atoms with van der Waals surface area (Å²) in [5, 5.41) is 2.78. The minimum Gasteiger partial charge on any atom is -0.486 e. The number of rotatable bonds is 3. The molecule has 2 aliphatic rings. The number of aromatic nitrogens is 1. The maximum absolute atomic E-state index is 12.5. The summed E-state index contributed by atoms with van der Waals surface area (Å²) < 4.78 is 11.1. The summed E-state index contributed by atoms with van der Waals surface area (Å²) in [6.07, 6.45) is 1.86. The summed E-state index contributed by atoms with van der Waals surface area (Å²) in [5.74, 6) is 1.09. The fraction of sp³-hybridized carbons (Fsp3) is 0.316. The van der Waals surface area contributed by atoms with Crippen molar-refractivity contribution in [2.75, 3.05) is 30.0 Å². The molecule has 2 aliphatic heterocycles. The zero-order chi connectivity index (χ0) is 18.1. The molecule has 0 bridgehead atoms. The van der Waals surface area contributed by atoms with Gasteiger partial charge in [0.2, 0.25) is 11.8 Å². The van der Waals surface area contributed by atoms with Crippen LogP contribution in [-0.2, 0) is 9.59 Å². The van der Waals surface area contributed by atoms with Gasteiger partial charge in [0.25, 0.3) is 0 Å². The van der Waals surface area contributed by atoms with Gasteiger partial charge < -0.3 is 19.7 Å². The van der Waals surface area contributed by atoms with Gasteiger partial charge in [-0.2, -0.15) is 0 Å². The molecule has 3 heterocycles. The van der Waals surface area contributed by atoms with E-state index in [1.54, 1.807) is 29.3 Å². The van der Waals surface area contributed by atoms with Crippen LogP contribution in [0.3, 0.4) is 0 Å². The third kappa shape index (κ3) is 3.20. The number of fused-ring (bicyclic) bond motifs is 1. The number of benzene rings is 1. The van der Waals surface area contributed by atoms with E-state index >= 15 is 0 Å². The van der Waals surface area contributed by atoms with Crippen molar-refractivity contribution in [3.8, 4) is 11.5 Å². The number of aryl methyl sites for hydroxylation is 1. The number of nitrogens with one attached hydrogen (secondary N) is 1. The van der Waals surface area contributed by atoms with Crippen molar-refractivity contribution in [1.29, 1.82) is 0 Å². The van der Waals surface area contributed by atoms with Crippen molar-refractivity contribution in [3.05, 3.63) is 42.1 Å². The molecule has 0 radical (unpaired) electrons. The quantitative estimate of drug-likeness (QED) is 0.914. The molecule has 4 rings (SSSR count). The van der Waals surface area contributed by atoms with Crippen molar-refractivity contribution in [1.82, 2.24) is 4.98 Å². The van der Waals surface area contributed by atoms with E-state index in [0.717, 1.165) is 5.56 Å². The molecule has 2 amide bonds. The van der Waals surface area contributed by atoms with Crippen LogP contribution < -0.4 is 19.7 Å². The van der Waals surface area contributed by atoms with Crippen LogP contribution in [0.4, 0.5) is 11.5 Å². The molecule has 26 heavy (non-hydrogen) atoms. The molecule has 7 nitrogen and oxygen atoms in total. The summed E-state index contributed by atoms with van der Waals surface area (Å²) in [4.78, 5) is 30.7. The lowest BCUT2D eigenvalue weighted by Crippen LogP contribution is -2.28. The van der Waals surface area contributed by atoms with E-state index in [1.165, 1.54) is 0 Å². The second-order valence-electron chi connectivity index (χ2n) is 6.44. The predicted molar refractivity (Wildman–Crippen MR) is 95.5 cm³/mol. The number of anilines is 2. The summed E-state index contributed by atoms with van der Waals surface area (Å²) in [5.41, 5.74) is 1.73. The van der Waals surface area contributed by atoms with Crippen LogP contribution in [0.25, 0.3) is 0 Å². The number of nitrogens with zero attached hydrogens (tertiary/aromatic N) is 2. The fourth-order valence-electron chi connectivity index (χ4n) is 3.10. The van der Waals surface area contributed by atoms with Crippen molar-refractivity contribution >= 4 is 23.3 Å². The number of carbonyl (C=O) groups excluding carboxylic acids is 2. The van der Waals surface area contributed by atoms with Crippen LogP contribution >= 0.6 is 0 Å². The third-order valence-electron chi connectivity index (χ3n) is 4.50. The van der Waals surface area contributed by atoms with E-state index in [4.69, 9.17) is 9.47 Å². The Kier molecular flexibility index (Phi) is 4.20. The molecule has 2 aromatic rings. The summed E-state index contributed by atoms with van der Waals surface area (Å²) in [6, 6.07) is 9.02. The van der Waals surface area contributed by atoms with E-state index in [1.807, 2.05) is 19.1 Å². The third-order valence-corrected chi connectivity index (χ3v) is 4.50. The van der Waals surface area contributed by atoms with Crippen LogP contribution in [0.15, 0.2) is 36.5 Å². The summed E-state index contributed by atoms with van der Waals surface area (Å²) >= 11 is 0. The standard InChI is InChI=1S/C19H19N3O4/c1-12-2-5-17(20-10-12)21-19(24)13-8-18(23)22(11-13)14-3-4-15-16(9-14)26-7-6-25-15/h2-5,9-10,13H,6-8,11H2,1H3,(H,20,21,24)/t13-/m0/s1. The highest BCUT2D eigenvalue weighted by atomic mass is 16.6. The first-order chi connectivity index (χ1) is 12.6. The second-order valence-corrected chi connectivity index (χ2v) is 6.44. The van der Waals surface area contributed by atoms with Gasteiger partial charge in [-0.3, -0.25) is 9.59 Å². The van der Waals surface area contributed by atoms with Crippen molar-refractivity contribution in [2.24, 2.45) is 5.92 Å². The van der Waals surface area contributed by atoms with Gasteiger partial charge in [0.05, 0.1) is 5.92 Å². The molecular formula is C19H19N3O4. The highest BCUT2D eigenvalue weighted by Gasteiger charge is 2.35. The molecule has 0 spiro atoms. The molecule has 1 atom stereocenters. The van der Waals surface area contributed by atoms with Gasteiger partial charge in [0.15, 0.2) is 11.5 Å². The fourth-order valence-corrected chi connectivity index (χ4v) is 3.10. The Bertz CT molecular complexity index is 850. The second kappa shape index (κ2) is 6.67. The first-order valence-corrected chi connectivity index (χ1v) is 8.54. The van der Waals surface area contributed by atoms with Gasteiger partial charge in [-0.05, 0) is 30.7 Å². The first-order valence-electron chi connectivity index (χ1n) is 8.54. The summed E-state index contributed by atoms with van der Waals surface area (Å²) in [6.45, 7) is 3.26. The summed E-state index contributed by atoms with van der Waals surface area (Å²) in [7, 11) is 0. The Balaban J connectivity index is 1.46. The highest BCUT2D eigenvalue weighted by Crippen LogP contribution is 2.36. The van der Waals surface area contributed by atoms with Crippen LogP contribution in [0.1, 0.15) is 12.0 Å².